The van der Waals surface area contributed by atoms with Gasteiger partial charge in [0.1, 0.15) is 22.9 Å². The predicted octanol–water partition coefficient (Wildman–Crippen LogP) is 4.07. The summed E-state index contributed by atoms with van der Waals surface area (Å²) in [5, 5.41) is 13.6. The molecule has 28 heavy (non-hydrogen) atoms. The van der Waals surface area contributed by atoms with Crippen molar-refractivity contribution in [3.63, 3.8) is 0 Å². The van der Waals surface area contributed by atoms with Gasteiger partial charge in [0.2, 0.25) is 5.91 Å². The minimum Gasteiger partial charge on any atom is -0.495 e. The third kappa shape index (κ3) is 3.16. The Morgan fingerprint density at radius 3 is 2.68 bits per heavy atom. The molecule has 0 aliphatic carbocycles. The molecule has 1 amide bonds. The summed E-state index contributed by atoms with van der Waals surface area (Å²) >= 11 is 1.36. The number of hydrogen-bond donors (Lipinski definition) is 1. The maximum atomic E-state index is 13.0. The van der Waals surface area contributed by atoms with Crippen molar-refractivity contribution in [2.75, 3.05) is 12.4 Å². The highest BCUT2D eigenvalue weighted by Crippen LogP contribution is 2.33. The summed E-state index contributed by atoms with van der Waals surface area (Å²) in [5.74, 6) is 0.161. The lowest BCUT2D eigenvalue weighted by Gasteiger charge is -2.20. The van der Waals surface area contributed by atoms with Gasteiger partial charge in [-0.3, -0.25) is 14.2 Å². The number of hydrogen-bond acceptors (Lipinski definition) is 5. The summed E-state index contributed by atoms with van der Waals surface area (Å²) in [5.41, 5.74) is 2.43. The number of aryl methyl sites for hydroxylation is 2. The highest BCUT2D eigenvalue weighted by molar-refractivity contribution is 7.16. The van der Waals surface area contributed by atoms with Gasteiger partial charge in [-0.15, -0.1) is 11.3 Å². The number of thiophene rings is 1. The summed E-state index contributed by atoms with van der Waals surface area (Å²) in [6.45, 7) is 7.28. The van der Waals surface area contributed by atoms with Crippen LogP contribution in [0.15, 0.2) is 29.1 Å². The molecule has 0 saturated carbocycles. The number of methoxy groups -OCH3 is 1. The Hall–Kier alpha value is -3.11. The number of pyridine rings is 1. The van der Waals surface area contributed by atoms with Gasteiger partial charge in [0.05, 0.1) is 18.2 Å². The standard InChI is InChI=1S/C21H21N3O3S/c1-11-9-18(25)24(19-15(11)7-6-8-17(19)27-5)13(3)20(26)23-21-16(10-22)12(2)14(4)28-21/h6-9,13H,1-5H3,(H,23,26). The molecular weight excluding hydrogens is 374 g/mol. The minimum absolute atomic E-state index is 0.281. The van der Waals surface area contributed by atoms with Gasteiger partial charge in [0.15, 0.2) is 0 Å². The minimum atomic E-state index is -0.791. The summed E-state index contributed by atoms with van der Waals surface area (Å²) in [6.07, 6.45) is 0. The third-order valence-electron chi connectivity index (χ3n) is 4.96. The predicted molar refractivity (Wildman–Crippen MR) is 111 cm³/mol. The molecule has 1 aromatic carbocycles. The van der Waals surface area contributed by atoms with E-state index >= 15 is 0 Å². The van der Waals surface area contributed by atoms with E-state index in [1.54, 1.807) is 13.0 Å². The lowest BCUT2D eigenvalue weighted by atomic mass is 10.1. The van der Waals surface area contributed by atoms with Crippen molar-refractivity contribution in [1.29, 1.82) is 5.26 Å². The third-order valence-corrected chi connectivity index (χ3v) is 6.09. The smallest absolute Gasteiger partial charge is 0.252 e. The number of rotatable bonds is 4. The molecule has 0 bridgehead atoms. The van der Waals surface area contributed by atoms with E-state index in [4.69, 9.17) is 4.74 Å². The molecule has 0 fully saturated rings. The van der Waals surface area contributed by atoms with Crippen molar-refractivity contribution in [3.05, 3.63) is 56.2 Å². The number of nitrogens with one attached hydrogen (secondary N) is 1. The molecule has 0 saturated heterocycles. The largest absolute Gasteiger partial charge is 0.495 e. The molecule has 2 aromatic heterocycles. The van der Waals surface area contributed by atoms with Crippen LogP contribution in [0, 0.1) is 32.1 Å². The highest BCUT2D eigenvalue weighted by Gasteiger charge is 2.23. The van der Waals surface area contributed by atoms with Gasteiger partial charge in [0, 0.05) is 16.3 Å². The van der Waals surface area contributed by atoms with Crippen molar-refractivity contribution in [2.45, 2.75) is 33.7 Å². The van der Waals surface area contributed by atoms with Crippen LogP contribution in [0.1, 0.15) is 34.5 Å². The molecule has 0 aliphatic rings. The SMILES string of the molecule is COc1cccc2c(C)cc(=O)n(C(C)C(=O)Nc3sc(C)c(C)c3C#N)c12. The first kappa shape index (κ1) is 19.6. The number of carbonyl (C=O) groups is 1. The fraction of sp³-hybridized carbons (Fsp3) is 0.286. The lowest BCUT2D eigenvalue weighted by molar-refractivity contribution is -0.118. The number of fused-ring (bicyclic) bond motifs is 1. The van der Waals surface area contributed by atoms with Gasteiger partial charge in [0.25, 0.3) is 5.56 Å². The number of carbonyl (C=O) groups excluding carboxylic acids is 1. The average Bonchev–Trinajstić information content (AvgIpc) is 2.93. The fourth-order valence-corrected chi connectivity index (χ4v) is 4.28. The topological polar surface area (TPSA) is 84.1 Å². The van der Waals surface area contributed by atoms with Gasteiger partial charge in [-0.25, -0.2) is 0 Å². The van der Waals surface area contributed by atoms with Crippen LogP contribution in [-0.2, 0) is 4.79 Å². The number of nitrogens with zero attached hydrogens (tertiary/aromatic N) is 2. The summed E-state index contributed by atoms with van der Waals surface area (Å²) in [6, 6.07) is 8.39. The van der Waals surface area contributed by atoms with Crippen LogP contribution in [-0.4, -0.2) is 17.6 Å². The van der Waals surface area contributed by atoms with Gasteiger partial charge in [-0.05, 0) is 44.9 Å². The number of para-hydroxylation sites is 1. The molecule has 0 aliphatic heterocycles. The van der Waals surface area contributed by atoms with E-state index in [9.17, 15) is 14.9 Å². The normalized spacial score (nSPS) is 11.9. The first-order chi connectivity index (χ1) is 13.3. The number of anilines is 1. The Morgan fingerprint density at radius 1 is 1.32 bits per heavy atom. The molecule has 144 valence electrons. The number of ether oxygens (including phenoxy) is 1. The molecule has 0 spiro atoms. The number of amides is 1. The fourth-order valence-electron chi connectivity index (χ4n) is 3.26. The molecule has 6 nitrogen and oxygen atoms in total. The van der Waals surface area contributed by atoms with Crippen LogP contribution in [0.5, 0.6) is 5.75 Å². The van der Waals surface area contributed by atoms with Crippen LogP contribution < -0.4 is 15.6 Å². The Kier molecular flexibility index (Phi) is 5.25. The summed E-state index contributed by atoms with van der Waals surface area (Å²) in [4.78, 5) is 26.7. The summed E-state index contributed by atoms with van der Waals surface area (Å²) < 4.78 is 6.89. The second kappa shape index (κ2) is 7.49. The van der Waals surface area contributed by atoms with Crippen molar-refractivity contribution >= 4 is 33.1 Å². The molecule has 7 heteroatoms. The molecule has 1 N–H and O–H groups in total. The van der Waals surface area contributed by atoms with Crippen LogP contribution in [0.4, 0.5) is 5.00 Å². The van der Waals surface area contributed by atoms with Crippen molar-refractivity contribution in [2.24, 2.45) is 0 Å². The van der Waals surface area contributed by atoms with Crippen LogP contribution in [0.3, 0.4) is 0 Å². The lowest BCUT2D eigenvalue weighted by Crippen LogP contribution is -2.32. The van der Waals surface area contributed by atoms with Gasteiger partial charge >= 0.3 is 0 Å². The van der Waals surface area contributed by atoms with Gasteiger partial charge in [-0.1, -0.05) is 12.1 Å². The molecule has 2 heterocycles. The number of benzene rings is 1. The van der Waals surface area contributed by atoms with Gasteiger partial charge < -0.3 is 10.1 Å². The zero-order chi connectivity index (χ0) is 20.6. The molecule has 3 rings (SSSR count). The molecule has 3 aromatic rings. The Morgan fingerprint density at radius 2 is 2.04 bits per heavy atom. The average molecular weight is 395 g/mol. The molecule has 1 unspecified atom stereocenters. The van der Waals surface area contributed by atoms with Crippen LogP contribution >= 0.6 is 11.3 Å². The van der Waals surface area contributed by atoms with Crippen LogP contribution in [0.25, 0.3) is 10.9 Å². The van der Waals surface area contributed by atoms with E-state index in [-0.39, 0.29) is 11.5 Å². The maximum absolute atomic E-state index is 13.0. The van der Waals surface area contributed by atoms with Gasteiger partial charge in [-0.2, -0.15) is 5.26 Å². The Bertz CT molecular complexity index is 1180. The number of nitriles is 1. The molecule has 1 atom stereocenters. The Balaban J connectivity index is 2.11. The number of aromatic nitrogens is 1. The van der Waals surface area contributed by atoms with E-state index in [2.05, 4.69) is 11.4 Å². The zero-order valence-corrected chi connectivity index (χ0v) is 17.2. The van der Waals surface area contributed by atoms with Crippen LogP contribution in [0.2, 0.25) is 0 Å². The van der Waals surface area contributed by atoms with E-state index in [0.29, 0.717) is 21.8 Å². The first-order valence-electron chi connectivity index (χ1n) is 8.80. The van der Waals surface area contributed by atoms with Crippen molar-refractivity contribution in [3.8, 4) is 11.8 Å². The quantitative estimate of drug-likeness (QED) is 0.722. The van der Waals surface area contributed by atoms with E-state index in [1.165, 1.54) is 29.1 Å². The van der Waals surface area contributed by atoms with E-state index < -0.39 is 6.04 Å². The maximum Gasteiger partial charge on any atom is 0.252 e. The second-order valence-corrected chi connectivity index (χ2v) is 7.88. The van der Waals surface area contributed by atoms with E-state index in [1.807, 2.05) is 32.9 Å². The molecule has 0 radical (unpaired) electrons. The van der Waals surface area contributed by atoms with E-state index in [0.717, 1.165) is 21.4 Å². The Labute approximate surface area is 167 Å². The zero-order valence-electron chi connectivity index (χ0n) is 16.4. The molecular formula is C21H21N3O3S. The second-order valence-electron chi connectivity index (χ2n) is 6.66. The highest BCUT2D eigenvalue weighted by atomic mass is 32.1. The summed E-state index contributed by atoms with van der Waals surface area (Å²) in [7, 11) is 1.53. The van der Waals surface area contributed by atoms with Crippen molar-refractivity contribution < 1.29 is 9.53 Å². The van der Waals surface area contributed by atoms with Crippen molar-refractivity contribution in [1.82, 2.24) is 4.57 Å². The first-order valence-corrected chi connectivity index (χ1v) is 9.61. The monoisotopic (exact) mass is 395 g/mol.